The number of anilines is 2. The second-order valence-electron chi connectivity index (χ2n) is 5.88. The van der Waals surface area contributed by atoms with Gasteiger partial charge in [-0.15, -0.1) is 0 Å². The summed E-state index contributed by atoms with van der Waals surface area (Å²) in [6, 6.07) is 6.62. The number of hydrogen-bond donors (Lipinski definition) is 3. The molecule has 0 aliphatic heterocycles. The zero-order valence-electron chi connectivity index (χ0n) is 14.1. The molecule has 10 heteroatoms. The second kappa shape index (κ2) is 9.52. The van der Waals surface area contributed by atoms with Crippen LogP contribution in [0.25, 0.3) is 0 Å². The van der Waals surface area contributed by atoms with Crippen LogP contribution in [0.4, 0.5) is 24.8 Å². The van der Waals surface area contributed by atoms with Crippen molar-refractivity contribution >= 4 is 29.7 Å². The molecule has 27 heavy (non-hydrogen) atoms. The topological polar surface area (TPSA) is 87.1 Å². The van der Waals surface area contributed by atoms with E-state index in [1.165, 1.54) is 6.20 Å². The third-order valence-electron chi connectivity index (χ3n) is 3.66. The zero-order chi connectivity index (χ0) is 19.9. The molecule has 3 rings (SSSR count). The highest BCUT2D eigenvalue weighted by atomic mass is 35.5. The lowest BCUT2D eigenvalue weighted by atomic mass is 10.2. The van der Waals surface area contributed by atoms with E-state index in [2.05, 4.69) is 20.6 Å². The van der Waals surface area contributed by atoms with Gasteiger partial charge in [0, 0.05) is 29.0 Å². The standard InChI is InChI=1S/C16H16ClF3N4.CH2O2/c17-12-2-1-3-13(6-12)23-15-22-9-11(8-21-7-10-4-5-10)14(24-15)16(18,19)20;2-1-3/h1-3,6,9-10,21H,4-5,7-8H2,(H,22,23,24);1H,(H,2,3). The van der Waals surface area contributed by atoms with Crippen LogP contribution in [0.2, 0.25) is 5.02 Å². The molecule has 2 aromatic rings. The Morgan fingerprint density at radius 1 is 1.33 bits per heavy atom. The number of aromatic nitrogens is 2. The van der Waals surface area contributed by atoms with Crippen LogP contribution in [-0.2, 0) is 17.5 Å². The Labute approximate surface area is 158 Å². The van der Waals surface area contributed by atoms with Crippen LogP contribution in [0, 0.1) is 5.92 Å². The molecule has 0 spiro atoms. The number of rotatable bonds is 6. The average Bonchev–Trinajstić information content (AvgIpc) is 3.40. The van der Waals surface area contributed by atoms with E-state index in [9.17, 15) is 13.2 Å². The summed E-state index contributed by atoms with van der Waals surface area (Å²) in [4.78, 5) is 16.0. The van der Waals surface area contributed by atoms with Gasteiger partial charge in [0.25, 0.3) is 6.47 Å². The Balaban J connectivity index is 0.000000817. The van der Waals surface area contributed by atoms with Crippen molar-refractivity contribution in [2.24, 2.45) is 5.92 Å². The Morgan fingerprint density at radius 3 is 2.63 bits per heavy atom. The number of hydrogen-bond acceptors (Lipinski definition) is 5. The number of halogens is 4. The summed E-state index contributed by atoms with van der Waals surface area (Å²) in [6.07, 6.45) is -1.05. The van der Waals surface area contributed by atoms with Crippen molar-refractivity contribution in [1.82, 2.24) is 15.3 Å². The molecule has 6 nitrogen and oxygen atoms in total. The van der Waals surface area contributed by atoms with E-state index < -0.39 is 11.9 Å². The lowest BCUT2D eigenvalue weighted by Gasteiger charge is -2.14. The van der Waals surface area contributed by atoms with Crippen LogP contribution >= 0.6 is 11.6 Å². The van der Waals surface area contributed by atoms with Gasteiger partial charge in [-0.3, -0.25) is 4.79 Å². The molecular formula is C17H18ClF3N4O2. The highest BCUT2D eigenvalue weighted by Gasteiger charge is 2.36. The summed E-state index contributed by atoms with van der Waals surface area (Å²) in [7, 11) is 0. The number of nitrogens with zero attached hydrogens (tertiary/aromatic N) is 2. The van der Waals surface area contributed by atoms with E-state index >= 15 is 0 Å². The summed E-state index contributed by atoms with van der Waals surface area (Å²) in [5.74, 6) is 0.472. The van der Waals surface area contributed by atoms with E-state index in [1.807, 2.05) is 0 Å². The highest BCUT2D eigenvalue weighted by Crippen LogP contribution is 2.32. The molecule has 0 amide bonds. The summed E-state index contributed by atoms with van der Waals surface area (Å²) in [5.41, 5.74) is -0.361. The van der Waals surface area contributed by atoms with Crippen molar-refractivity contribution in [3.05, 3.63) is 46.7 Å². The largest absolute Gasteiger partial charge is 0.483 e. The Morgan fingerprint density at radius 2 is 2.04 bits per heavy atom. The fourth-order valence-electron chi connectivity index (χ4n) is 2.27. The normalized spacial score (nSPS) is 13.5. The van der Waals surface area contributed by atoms with Crippen LogP contribution in [0.15, 0.2) is 30.5 Å². The number of carbonyl (C=O) groups is 1. The molecule has 3 N–H and O–H groups in total. The van der Waals surface area contributed by atoms with Crippen molar-refractivity contribution in [3.8, 4) is 0 Å². The number of alkyl halides is 3. The molecule has 1 saturated carbocycles. The van der Waals surface area contributed by atoms with Crippen molar-refractivity contribution in [3.63, 3.8) is 0 Å². The molecule has 0 unspecified atom stereocenters. The average molecular weight is 403 g/mol. The quantitative estimate of drug-likeness (QED) is 0.631. The molecule has 146 valence electrons. The van der Waals surface area contributed by atoms with Gasteiger partial charge in [-0.2, -0.15) is 13.2 Å². The van der Waals surface area contributed by atoms with Gasteiger partial charge in [-0.1, -0.05) is 17.7 Å². The minimum atomic E-state index is -4.54. The fourth-order valence-corrected chi connectivity index (χ4v) is 2.46. The van der Waals surface area contributed by atoms with Crippen LogP contribution in [0.1, 0.15) is 24.1 Å². The summed E-state index contributed by atoms with van der Waals surface area (Å²) < 4.78 is 39.8. The van der Waals surface area contributed by atoms with Crippen molar-refractivity contribution < 1.29 is 23.1 Å². The van der Waals surface area contributed by atoms with E-state index in [4.69, 9.17) is 21.5 Å². The molecule has 1 fully saturated rings. The Bertz CT molecular complexity index is 770. The van der Waals surface area contributed by atoms with Gasteiger partial charge in [0.15, 0.2) is 5.69 Å². The Hall–Kier alpha value is -2.39. The third kappa shape index (κ3) is 7.03. The first-order chi connectivity index (χ1) is 12.8. The zero-order valence-corrected chi connectivity index (χ0v) is 14.9. The lowest BCUT2D eigenvalue weighted by molar-refractivity contribution is -0.141. The van der Waals surface area contributed by atoms with Gasteiger partial charge in [0.05, 0.1) is 0 Å². The summed E-state index contributed by atoms with van der Waals surface area (Å²) >= 11 is 5.86. The molecule has 1 heterocycles. The predicted octanol–water partition coefficient (Wildman–Crippen LogP) is 4.09. The maximum atomic E-state index is 13.3. The smallest absolute Gasteiger partial charge is 0.433 e. The first-order valence-corrected chi connectivity index (χ1v) is 8.45. The first kappa shape index (κ1) is 20.9. The molecule has 1 aromatic carbocycles. The van der Waals surface area contributed by atoms with Crippen molar-refractivity contribution in [2.45, 2.75) is 25.6 Å². The van der Waals surface area contributed by atoms with Crippen LogP contribution < -0.4 is 10.6 Å². The number of benzene rings is 1. The second-order valence-corrected chi connectivity index (χ2v) is 6.32. The van der Waals surface area contributed by atoms with E-state index in [0.717, 1.165) is 19.4 Å². The number of nitrogens with one attached hydrogen (secondary N) is 2. The molecule has 0 saturated heterocycles. The predicted molar refractivity (Wildman–Crippen MR) is 94.9 cm³/mol. The Kier molecular flexibility index (Phi) is 7.37. The fraction of sp³-hybridized carbons (Fsp3) is 0.353. The van der Waals surface area contributed by atoms with Crippen LogP contribution in [0.5, 0.6) is 0 Å². The van der Waals surface area contributed by atoms with Gasteiger partial charge in [0.1, 0.15) is 0 Å². The minimum absolute atomic E-state index is 0.0415. The monoisotopic (exact) mass is 402 g/mol. The molecule has 1 aromatic heterocycles. The molecule has 1 aliphatic rings. The van der Waals surface area contributed by atoms with Crippen molar-refractivity contribution in [2.75, 3.05) is 11.9 Å². The highest BCUT2D eigenvalue weighted by molar-refractivity contribution is 6.30. The van der Waals surface area contributed by atoms with Gasteiger partial charge in [-0.25, -0.2) is 9.97 Å². The van der Waals surface area contributed by atoms with Crippen molar-refractivity contribution in [1.29, 1.82) is 0 Å². The van der Waals surface area contributed by atoms with Crippen LogP contribution in [-0.4, -0.2) is 28.1 Å². The van der Waals surface area contributed by atoms with E-state index in [1.54, 1.807) is 24.3 Å². The summed E-state index contributed by atoms with van der Waals surface area (Å²) in [6.45, 7) is 0.572. The molecule has 0 bridgehead atoms. The minimum Gasteiger partial charge on any atom is -0.483 e. The molecule has 0 radical (unpaired) electrons. The van der Waals surface area contributed by atoms with Gasteiger partial charge < -0.3 is 15.7 Å². The molecule has 0 atom stereocenters. The summed E-state index contributed by atoms with van der Waals surface area (Å²) in [5, 5.41) is 13.1. The van der Waals surface area contributed by atoms with E-state index in [0.29, 0.717) is 16.6 Å². The maximum Gasteiger partial charge on any atom is 0.433 e. The number of carboxylic acid groups (broad SMARTS) is 1. The lowest BCUT2D eigenvalue weighted by Crippen LogP contribution is -2.21. The molecule has 1 aliphatic carbocycles. The van der Waals surface area contributed by atoms with Gasteiger partial charge in [-0.05, 0) is 43.5 Å². The first-order valence-electron chi connectivity index (χ1n) is 8.07. The van der Waals surface area contributed by atoms with Gasteiger partial charge >= 0.3 is 6.18 Å². The van der Waals surface area contributed by atoms with Crippen LogP contribution in [0.3, 0.4) is 0 Å². The maximum absolute atomic E-state index is 13.3. The SMILES string of the molecule is FC(F)(F)c1nc(Nc2cccc(Cl)c2)ncc1CNCC1CC1.O=CO. The third-order valence-corrected chi connectivity index (χ3v) is 3.89. The van der Waals surface area contributed by atoms with E-state index in [-0.39, 0.29) is 24.5 Å². The van der Waals surface area contributed by atoms with Gasteiger partial charge in [0.2, 0.25) is 5.95 Å². The molecular weight excluding hydrogens is 385 g/mol.